The van der Waals surface area contributed by atoms with Crippen LogP contribution in [0.25, 0.3) is 0 Å². The first-order valence-electron chi connectivity index (χ1n) is 4.03. The third-order valence-corrected chi connectivity index (χ3v) is 1.48. The van der Waals surface area contributed by atoms with Gasteiger partial charge in [0.15, 0.2) is 0 Å². The smallest absolute Gasteiger partial charge is 0.216 e. The molecule has 0 heterocycles. The molecular weight excluding hydrogens is 151 g/mol. The van der Waals surface area contributed by atoms with Crippen molar-refractivity contribution in [2.45, 2.75) is 32.0 Å². The van der Waals surface area contributed by atoms with Gasteiger partial charge in [-0.2, -0.15) is 5.26 Å². The molecule has 0 bridgehead atoms. The highest BCUT2D eigenvalue weighted by molar-refractivity contribution is 6.11. The lowest BCUT2D eigenvalue weighted by atomic mass is 9.83. The van der Waals surface area contributed by atoms with Crippen LogP contribution in [0.4, 0.5) is 0 Å². The Hall–Kier alpha value is -0.975. The largest absolute Gasteiger partial charge is 0.357 e. The summed E-state index contributed by atoms with van der Waals surface area (Å²) < 4.78 is 0. The third kappa shape index (κ3) is 7.14. The van der Waals surface area contributed by atoms with Gasteiger partial charge in [0.2, 0.25) is 5.91 Å². The third-order valence-electron chi connectivity index (χ3n) is 1.48. The zero-order valence-electron chi connectivity index (χ0n) is 7.34. The monoisotopic (exact) mass is 164 g/mol. The van der Waals surface area contributed by atoms with Crippen LogP contribution in [0.1, 0.15) is 26.2 Å². The Kier molecular flexibility index (Phi) is 6.17. The number of amides is 1. The Morgan fingerprint density at radius 1 is 1.75 bits per heavy atom. The van der Waals surface area contributed by atoms with Gasteiger partial charge in [0.25, 0.3) is 0 Å². The standard InChI is InChI=1S/C8H13BN2O/c1-7(12)11-6-8(9)4-2-3-5-10/h8H,2-4,6H2,1H3,(H,11,12). The SMILES string of the molecule is [B]C(CCCC#N)CNC(C)=O. The molecule has 0 aromatic carbocycles. The van der Waals surface area contributed by atoms with Crippen molar-refractivity contribution in [3.63, 3.8) is 0 Å². The molecule has 0 aliphatic heterocycles. The molecule has 1 N–H and O–H groups in total. The fourth-order valence-corrected chi connectivity index (χ4v) is 0.820. The molecule has 3 nitrogen and oxygen atoms in total. The maximum atomic E-state index is 10.5. The Labute approximate surface area is 74.5 Å². The van der Waals surface area contributed by atoms with E-state index in [0.29, 0.717) is 13.0 Å². The summed E-state index contributed by atoms with van der Waals surface area (Å²) >= 11 is 0. The summed E-state index contributed by atoms with van der Waals surface area (Å²) in [5.74, 6) is -0.0898. The van der Waals surface area contributed by atoms with E-state index in [1.807, 2.05) is 6.07 Å². The predicted octanol–water partition coefficient (Wildman–Crippen LogP) is 0.773. The molecule has 0 fully saturated rings. The maximum absolute atomic E-state index is 10.5. The van der Waals surface area contributed by atoms with Crippen LogP contribution in [0, 0.1) is 11.3 Å². The average molecular weight is 164 g/mol. The number of unbranched alkanes of at least 4 members (excludes halogenated alkanes) is 1. The van der Waals surface area contributed by atoms with Crippen molar-refractivity contribution in [1.29, 1.82) is 5.26 Å². The molecule has 1 unspecified atom stereocenters. The summed E-state index contributed by atoms with van der Waals surface area (Å²) in [5, 5.41) is 10.9. The van der Waals surface area contributed by atoms with Crippen molar-refractivity contribution in [1.82, 2.24) is 5.32 Å². The molecule has 0 aliphatic carbocycles. The normalized spacial score (nSPS) is 11.7. The van der Waals surface area contributed by atoms with E-state index in [9.17, 15) is 4.79 Å². The lowest BCUT2D eigenvalue weighted by molar-refractivity contribution is -0.118. The molecular formula is C8H13BN2O. The van der Waals surface area contributed by atoms with Crippen molar-refractivity contribution in [2.75, 3.05) is 6.54 Å². The number of hydrogen-bond acceptors (Lipinski definition) is 2. The van der Waals surface area contributed by atoms with Crippen LogP contribution < -0.4 is 5.32 Å². The van der Waals surface area contributed by atoms with E-state index >= 15 is 0 Å². The minimum atomic E-state index is -0.0641. The van der Waals surface area contributed by atoms with E-state index in [0.717, 1.165) is 12.8 Å². The molecule has 0 saturated carbocycles. The lowest BCUT2D eigenvalue weighted by Gasteiger charge is -2.10. The minimum Gasteiger partial charge on any atom is -0.357 e. The van der Waals surface area contributed by atoms with Crippen LogP contribution in [0.3, 0.4) is 0 Å². The van der Waals surface area contributed by atoms with Gasteiger partial charge in [-0.1, -0.05) is 12.2 Å². The van der Waals surface area contributed by atoms with Gasteiger partial charge in [-0.25, -0.2) is 0 Å². The summed E-state index contributed by atoms with van der Waals surface area (Å²) in [7, 11) is 5.64. The summed E-state index contributed by atoms with van der Waals surface area (Å²) in [5.41, 5.74) is 0. The number of hydrogen-bond donors (Lipinski definition) is 1. The van der Waals surface area contributed by atoms with E-state index in [1.54, 1.807) is 0 Å². The zero-order chi connectivity index (χ0) is 9.40. The molecule has 4 heteroatoms. The Morgan fingerprint density at radius 2 is 2.42 bits per heavy atom. The molecule has 0 aliphatic rings. The summed E-state index contributed by atoms with van der Waals surface area (Å²) in [6.07, 6.45) is 2.12. The average Bonchev–Trinajstić information content (AvgIpc) is 2.01. The second-order valence-corrected chi connectivity index (χ2v) is 2.75. The van der Waals surface area contributed by atoms with Crippen LogP contribution >= 0.6 is 0 Å². The maximum Gasteiger partial charge on any atom is 0.216 e. The van der Waals surface area contributed by atoms with Crippen molar-refractivity contribution >= 4 is 13.8 Å². The molecule has 0 saturated heterocycles. The predicted molar refractivity (Wildman–Crippen MR) is 47.7 cm³/mol. The van der Waals surface area contributed by atoms with Crippen molar-refractivity contribution < 1.29 is 4.79 Å². The van der Waals surface area contributed by atoms with E-state index in [4.69, 9.17) is 13.1 Å². The van der Waals surface area contributed by atoms with Crippen LogP contribution in [-0.4, -0.2) is 20.3 Å². The van der Waals surface area contributed by atoms with Crippen LogP contribution in [0.15, 0.2) is 0 Å². The highest BCUT2D eigenvalue weighted by Crippen LogP contribution is 2.08. The fraction of sp³-hybridized carbons (Fsp3) is 0.750. The van der Waals surface area contributed by atoms with E-state index < -0.39 is 0 Å². The van der Waals surface area contributed by atoms with Crippen LogP contribution in [0.5, 0.6) is 0 Å². The first-order valence-corrected chi connectivity index (χ1v) is 4.03. The van der Waals surface area contributed by atoms with Gasteiger partial charge in [0.05, 0.1) is 13.9 Å². The molecule has 0 rings (SSSR count). The first-order chi connectivity index (χ1) is 5.66. The van der Waals surface area contributed by atoms with Gasteiger partial charge in [-0.3, -0.25) is 4.79 Å². The topological polar surface area (TPSA) is 52.9 Å². The molecule has 12 heavy (non-hydrogen) atoms. The quantitative estimate of drug-likeness (QED) is 0.482. The van der Waals surface area contributed by atoms with E-state index in [2.05, 4.69) is 5.32 Å². The van der Waals surface area contributed by atoms with Gasteiger partial charge in [0, 0.05) is 19.9 Å². The van der Waals surface area contributed by atoms with Gasteiger partial charge < -0.3 is 5.32 Å². The molecule has 0 aromatic heterocycles. The fourth-order valence-electron chi connectivity index (χ4n) is 0.820. The molecule has 1 amide bonds. The van der Waals surface area contributed by atoms with Gasteiger partial charge in [0.1, 0.15) is 0 Å². The number of nitrogens with zero attached hydrogens (tertiary/aromatic N) is 1. The van der Waals surface area contributed by atoms with E-state index in [-0.39, 0.29) is 11.7 Å². The Balaban J connectivity index is 3.28. The zero-order valence-corrected chi connectivity index (χ0v) is 7.34. The Morgan fingerprint density at radius 3 is 2.92 bits per heavy atom. The summed E-state index contributed by atoms with van der Waals surface area (Å²) in [6, 6.07) is 2.05. The number of nitrogens with one attached hydrogen (secondary N) is 1. The highest BCUT2D eigenvalue weighted by atomic mass is 16.1. The number of rotatable bonds is 5. The number of nitriles is 1. The van der Waals surface area contributed by atoms with Crippen molar-refractivity contribution in [3.8, 4) is 6.07 Å². The van der Waals surface area contributed by atoms with Crippen LogP contribution in [0.2, 0.25) is 5.82 Å². The summed E-state index contributed by atoms with van der Waals surface area (Å²) in [4.78, 5) is 10.5. The van der Waals surface area contributed by atoms with Gasteiger partial charge in [-0.15, -0.1) is 0 Å². The van der Waals surface area contributed by atoms with Gasteiger partial charge in [-0.05, 0) is 6.42 Å². The van der Waals surface area contributed by atoms with Gasteiger partial charge >= 0.3 is 0 Å². The first kappa shape index (κ1) is 11.0. The highest BCUT2D eigenvalue weighted by Gasteiger charge is 2.01. The minimum absolute atomic E-state index is 0.0257. The second kappa shape index (κ2) is 6.72. The second-order valence-electron chi connectivity index (χ2n) is 2.75. The molecule has 64 valence electrons. The lowest BCUT2D eigenvalue weighted by Crippen LogP contribution is -2.24. The van der Waals surface area contributed by atoms with Crippen LogP contribution in [-0.2, 0) is 4.79 Å². The molecule has 0 spiro atoms. The Bertz CT molecular complexity index is 176. The van der Waals surface area contributed by atoms with Crippen molar-refractivity contribution in [2.24, 2.45) is 0 Å². The molecule has 0 aromatic rings. The number of carbonyl (C=O) groups is 1. The molecule has 2 radical (unpaired) electrons. The summed E-state index contributed by atoms with van der Waals surface area (Å²) in [6.45, 7) is 1.96. The number of carbonyl (C=O) groups excluding carboxylic acids is 1. The van der Waals surface area contributed by atoms with E-state index in [1.165, 1.54) is 6.92 Å². The molecule has 1 atom stereocenters. The van der Waals surface area contributed by atoms with Crippen molar-refractivity contribution in [3.05, 3.63) is 0 Å².